The molecule has 0 unspecified atom stereocenters. The number of aromatic nitrogens is 3. The van der Waals surface area contributed by atoms with Gasteiger partial charge in [-0.3, -0.25) is 0 Å². The fourth-order valence-corrected chi connectivity index (χ4v) is 1.68. The van der Waals surface area contributed by atoms with Gasteiger partial charge in [0, 0.05) is 0 Å². The normalized spacial score (nSPS) is 10.8. The van der Waals surface area contributed by atoms with Gasteiger partial charge in [-0.15, -0.1) is 4.85 Å². The topological polar surface area (TPSA) is 44.8 Å². The number of hydrogen-bond donors (Lipinski definition) is 0. The Morgan fingerprint density at radius 2 is 1.62 bits per heavy atom. The molecule has 1 aromatic heterocycles. The molecule has 4 heteroatoms. The van der Waals surface area contributed by atoms with Crippen LogP contribution in [0, 0.1) is 5.21 Å². The number of nitrogens with zero attached hydrogens (tertiary/aromatic N) is 3. The largest absolute Gasteiger partial charge is 0.692 e. The van der Waals surface area contributed by atoms with Crippen molar-refractivity contribution in [3.05, 3.63) is 59.8 Å². The molecule has 0 bridgehead atoms. The van der Waals surface area contributed by atoms with Crippen LogP contribution < -0.4 is 4.85 Å². The third-order valence-corrected chi connectivity index (χ3v) is 2.45. The Hall–Kier alpha value is -2.36. The Morgan fingerprint density at radius 3 is 2.38 bits per heavy atom. The van der Waals surface area contributed by atoms with Crippen molar-refractivity contribution in [2.45, 2.75) is 0 Å². The lowest BCUT2D eigenvalue weighted by molar-refractivity contribution is -0.664. The van der Waals surface area contributed by atoms with Crippen molar-refractivity contribution < 1.29 is 4.85 Å². The van der Waals surface area contributed by atoms with Crippen molar-refractivity contribution in [1.82, 2.24) is 9.90 Å². The van der Waals surface area contributed by atoms with E-state index in [2.05, 4.69) is 5.10 Å². The van der Waals surface area contributed by atoms with Crippen molar-refractivity contribution in [2.24, 2.45) is 0 Å². The average molecular weight is 211 g/mol. The molecule has 0 fully saturated rings. The first-order valence-corrected chi connectivity index (χ1v) is 4.99. The Bertz CT molecular complexity index is 631. The summed E-state index contributed by atoms with van der Waals surface area (Å²) >= 11 is 0. The molecular weight excluding hydrogens is 202 g/mol. The van der Waals surface area contributed by atoms with E-state index >= 15 is 0 Å². The van der Waals surface area contributed by atoms with Gasteiger partial charge in [0.2, 0.25) is 11.0 Å². The fraction of sp³-hybridized carbons (Fsp3) is 0. The monoisotopic (exact) mass is 211 g/mol. The van der Waals surface area contributed by atoms with Gasteiger partial charge in [0.25, 0.3) is 0 Å². The zero-order valence-electron chi connectivity index (χ0n) is 8.45. The SMILES string of the molecule is [O-][n+]1c2ccccc2nn1-c1ccccc1. The van der Waals surface area contributed by atoms with E-state index in [0.717, 1.165) is 10.5 Å². The predicted octanol–water partition coefficient (Wildman–Crippen LogP) is 1.66. The van der Waals surface area contributed by atoms with E-state index in [1.807, 2.05) is 48.5 Å². The van der Waals surface area contributed by atoms with E-state index in [1.165, 1.54) is 4.80 Å². The minimum absolute atomic E-state index is 0.575. The fourth-order valence-electron chi connectivity index (χ4n) is 1.68. The first-order valence-electron chi connectivity index (χ1n) is 4.99. The van der Waals surface area contributed by atoms with E-state index in [4.69, 9.17) is 0 Å². The van der Waals surface area contributed by atoms with Gasteiger partial charge in [0.05, 0.1) is 5.10 Å². The molecule has 0 saturated carbocycles. The van der Waals surface area contributed by atoms with E-state index < -0.39 is 0 Å². The molecule has 0 atom stereocenters. The molecule has 4 nitrogen and oxygen atoms in total. The second-order valence-corrected chi connectivity index (χ2v) is 3.49. The third kappa shape index (κ3) is 1.24. The molecule has 0 radical (unpaired) electrons. The molecule has 0 saturated heterocycles. The lowest BCUT2D eigenvalue weighted by atomic mass is 10.3. The van der Waals surface area contributed by atoms with E-state index in [9.17, 15) is 5.21 Å². The predicted molar refractivity (Wildman–Crippen MR) is 60.0 cm³/mol. The summed E-state index contributed by atoms with van der Waals surface area (Å²) in [5, 5.41) is 16.2. The molecule has 78 valence electrons. The highest BCUT2D eigenvalue weighted by Crippen LogP contribution is 2.09. The number of fused-ring (bicyclic) bond motifs is 1. The van der Waals surface area contributed by atoms with Crippen LogP contribution in [-0.4, -0.2) is 9.90 Å². The molecular formula is C12H9N3O. The van der Waals surface area contributed by atoms with Gasteiger partial charge >= 0.3 is 0 Å². The maximum absolute atomic E-state index is 11.9. The van der Waals surface area contributed by atoms with Crippen molar-refractivity contribution in [3.8, 4) is 5.69 Å². The molecule has 16 heavy (non-hydrogen) atoms. The van der Waals surface area contributed by atoms with Crippen LogP contribution in [0.1, 0.15) is 0 Å². The summed E-state index contributed by atoms with van der Waals surface area (Å²) < 4.78 is 0. The first-order chi connectivity index (χ1) is 7.86. The molecule has 1 heterocycles. The number of hydrogen-bond acceptors (Lipinski definition) is 2. The van der Waals surface area contributed by atoms with Crippen LogP contribution in [0.5, 0.6) is 0 Å². The molecule has 0 aliphatic rings. The molecule has 3 rings (SSSR count). The Kier molecular flexibility index (Phi) is 1.86. The maximum atomic E-state index is 11.9. The zero-order chi connectivity index (χ0) is 11.0. The van der Waals surface area contributed by atoms with Gasteiger partial charge < -0.3 is 5.21 Å². The van der Waals surface area contributed by atoms with Crippen LogP contribution >= 0.6 is 0 Å². The second kappa shape index (κ2) is 3.34. The summed E-state index contributed by atoms with van der Waals surface area (Å²) in [4.78, 5) is 2.15. The molecule has 2 aromatic carbocycles. The van der Waals surface area contributed by atoms with Crippen molar-refractivity contribution in [3.63, 3.8) is 0 Å². The van der Waals surface area contributed by atoms with Crippen LogP contribution in [0.4, 0.5) is 0 Å². The second-order valence-electron chi connectivity index (χ2n) is 3.49. The average Bonchev–Trinajstić information content (AvgIpc) is 2.69. The highest BCUT2D eigenvalue weighted by molar-refractivity contribution is 5.70. The van der Waals surface area contributed by atoms with Crippen LogP contribution in [-0.2, 0) is 0 Å². The van der Waals surface area contributed by atoms with Gasteiger partial charge in [-0.1, -0.05) is 30.3 Å². The summed E-state index contributed by atoms with van der Waals surface area (Å²) in [6.07, 6.45) is 0. The van der Waals surface area contributed by atoms with E-state index in [1.54, 1.807) is 6.07 Å². The number of rotatable bonds is 1. The van der Waals surface area contributed by atoms with Crippen LogP contribution in [0.3, 0.4) is 0 Å². The molecule has 0 spiro atoms. The lowest BCUT2D eigenvalue weighted by Gasteiger charge is -2.02. The summed E-state index contributed by atoms with van der Waals surface area (Å²) in [6.45, 7) is 0. The Balaban J connectivity index is 2.29. The summed E-state index contributed by atoms with van der Waals surface area (Å²) in [6, 6.07) is 16.6. The maximum Gasteiger partial charge on any atom is 0.250 e. The van der Waals surface area contributed by atoms with Crippen LogP contribution in [0.25, 0.3) is 16.7 Å². The highest BCUT2D eigenvalue weighted by Gasteiger charge is 2.14. The molecule has 0 amide bonds. The third-order valence-electron chi connectivity index (χ3n) is 2.45. The Morgan fingerprint density at radius 1 is 0.938 bits per heavy atom. The van der Waals surface area contributed by atoms with E-state index in [0.29, 0.717) is 11.0 Å². The van der Waals surface area contributed by atoms with Gasteiger partial charge in [0.15, 0.2) is 0 Å². The zero-order valence-corrected chi connectivity index (χ0v) is 8.45. The smallest absolute Gasteiger partial charge is 0.250 e. The van der Waals surface area contributed by atoms with Gasteiger partial charge in [-0.2, -0.15) is 0 Å². The van der Waals surface area contributed by atoms with Crippen molar-refractivity contribution in [2.75, 3.05) is 0 Å². The summed E-state index contributed by atoms with van der Waals surface area (Å²) in [5.41, 5.74) is 2.03. The van der Waals surface area contributed by atoms with Gasteiger partial charge in [0.1, 0.15) is 5.69 Å². The lowest BCUT2D eigenvalue weighted by Crippen LogP contribution is -2.37. The number of para-hydroxylation sites is 2. The quantitative estimate of drug-likeness (QED) is 0.454. The first kappa shape index (κ1) is 8.91. The van der Waals surface area contributed by atoms with Crippen molar-refractivity contribution in [1.29, 1.82) is 0 Å². The molecule has 0 N–H and O–H groups in total. The van der Waals surface area contributed by atoms with Gasteiger partial charge in [-0.25, -0.2) is 0 Å². The summed E-state index contributed by atoms with van der Waals surface area (Å²) in [7, 11) is 0. The minimum atomic E-state index is 0.575. The minimum Gasteiger partial charge on any atom is -0.692 e. The van der Waals surface area contributed by atoms with E-state index in [-0.39, 0.29) is 0 Å². The van der Waals surface area contributed by atoms with Crippen LogP contribution in [0.2, 0.25) is 0 Å². The van der Waals surface area contributed by atoms with Crippen LogP contribution in [0.15, 0.2) is 54.6 Å². The summed E-state index contributed by atoms with van der Waals surface area (Å²) in [5.74, 6) is 0. The van der Waals surface area contributed by atoms with Gasteiger partial charge in [-0.05, 0) is 29.1 Å². The number of benzene rings is 2. The highest BCUT2D eigenvalue weighted by atomic mass is 16.5. The molecule has 0 aliphatic heterocycles. The molecule has 3 aromatic rings. The standard InChI is InChI=1S/C12H9N3O/c16-15-12-9-5-4-8-11(12)13-14(15)10-6-2-1-3-7-10/h1-9H. The molecule has 0 aliphatic carbocycles. The van der Waals surface area contributed by atoms with Crippen molar-refractivity contribution >= 4 is 11.0 Å². The Labute approximate surface area is 91.9 Å².